The van der Waals surface area contributed by atoms with Gasteiger partial charge in [0.1, 0.15) is 17.9 Å². The molecule has 2 atom stereocenters. The van der Waals surface area contributed by atoms with Crippen molar-refractivity contribution >= 4 is 46.3 Å². The van der Waals surface area contributed by atoms with Gasteiger partial charge in [0.25, 0.3) is 5.91 Å². The fraction of sp³-hybridized carbons (Fsp3) is 0.368. The molecule has 2 aromatic carbocycles. The van der Waals surface area contributed by atoms with Gasteiger partial charge in [0.05, 0.1) is 11.6 Å². The molecule has 0 saturated heterocycles. The van der Waals surface area contributed by atoms with Crippen LogP contribution in [-0.4, -0.2) is 50.5 Å². The average molecular weight is 665 g/mol. The van der Waals surface area contributed by atoms with Gasteiger partial charge in [-0.3, -0.25) is 4.79 Å². The van der Waals surface area contributed by atoms with E-state index in [2.05, 4.69) is 113 Å². The van der Waals surface area contributed by atoms with Crippen molar-refractivity contribution < 1.29 is 14.3 Å². The fourth-order valence-electron chi connectivity index (χ4n) is 7.07. The van der Waals surface area contributed by atoms with Crippen molar-refractivity contribution in [2.24, 2.45) is 5.10 Å². The summed E-state index contributed by atoms with van der Waals surface area (Å²) < 4.78 is 9.67. The SMILES string of the molecule is CCOC(=O)C(C)N1C(=S)CCc2ccc(-n3c(C)ccc3C)cc21.Cc1ccc(C)n1-c1ccc2c(c1)N1C(=NNC(=O)C1C)CC2. The molecule has 0 aliphatic carbocycles. The molecular weight excluding hydrogens is 621 g/mol. The Labute approximate surface area is 288 Å². The molecule has 250 valence electrons. The van der Waals surface area contributed by atoms with Crippen LogP contribution in [0.5, 0.6) is 0 Å². The van der Waals surface area contributed by atoms with Crippen LogP contribution in [0.2, 0.25) is 0 Å². The average Bonchev–Trinajstić information content (AvgIpc) is 3.60. The van der Waals surface area contributed by atoms with E-state index in [0.29, 0.717) is 6.61 Å². The van der Waals surface area contributed by atoms with Crippen LogP contribution in [0.1, 0.15) is 67.5 Å². The number of amides is 1. The van der Waals surface area contributed by atoms with Crippen LogP contribution in [-0.2, 0) is 27.2 Å². The summed E-state index contributed by atoms with van der Waals surface area (Å²) in [6, 6.07) is 20.8. The van der Waals surface area contributed by atoms with Gasteiger partial charge in [0.15, 0.2) is 0 Å². The summed E-state index contributed by atoms with van der Waals surface area (Å²) >= 11 is 5.59. The van der Waals surface area contributed by atoms with Crippen LogP contribution < -0.4 is 15.2 Å². The number of amidine groups is 1. The second-order valence-corrected chi connectivity index (χ2v) is 13.2. The largest absolute Gasteiger partial charge is 0.464 e. The first kappa shape index (κ1) is 33.2. The molecule has 2 aromatic heterocycles. The first-order chi connectivity index (χ1) is 23.0. The number of nitrogens with one attached hydrogen (secondary N) is 1. The number of carbonyl (C=O) groups is 2. The molecule has 1 amide bonds. The molecule has 3 aliphatic heterocycles. The van der Waals surface area contributed by atoms with Gasteiger partial charge >= 0.3 is 5.97 Å². The Morgan fingerprint density at radius 1 is 0.854 bits per heavy atom. The molecular formula is C38H44N6O3S. The molecule has 1 N–H and O–H groups in total. The standard InChI is InChI=1S/C20H24N2O2S.C18H20N4O/c1-5-24-20(23)15(4)22-18-12-17(21-13(2)6-7-14(21)3)10-8-16(18)9-11-19(22)25;1-11-4-5-12(2)21(11)15-8-6-14-7-9-17-19-20-18(23)13(3)22(17)16(14)10-15/h6-8,10,12,15H,5,9,11H2,1-4H3;4-6,8,10,13H,7,9H2,1-3H3,(H,20,23). The lowest BCUT2D eigenvalue weighted by atomic mass is 9.98. The number of thiocarbonyl (C=S) groups is 1. The van der Waals surface area contributed by atoms with Gasteiger partial charge < -0.3 is 23.7 Å². The Kier molecular flexibility index (Phi) is 9.29. The maximum atomic E-state index is 12.3. The fourth-order valence-corrected chi connectivity index (χ4v) is 7.43. The second kappa shape index (κ2) is 13.4. The Morgan fingerprint density at radius 3 is 1.94 bits per heavy atom. The summed E-state index contributed by atoms with van der Waals surface area (Å²) in [7, 11) is 0. The van der Waals surface area contributed by atoms with Crippen molar-refractivity contribution in [1.29, 1.82) is 0 Å². The Morgan fingerprint density at radius 2 is 1.38 bits per heavy atom. The molecule has 2 unspecified atom stereocenters. The van der Waals surface area contributed by atoms with Crippen LogP contribution in [0.25, 0.3) is 11.4 Å². The minimum Gasteiger partial charge on any atom is -0.464 e. The molecule has 4 aromatic rings. The zero-order chi connectivity index (χ0) is 34.3. The highest BCUT2D eigenvalue weighted by Gasteiger charge is 2.34. The van der Waals surface area contributed by atoms with Gasteiger partial charge in [-0.1, -0.05) is 24.4 Å². The van der Waals surface area contributed by atoms with Gasteiger partial charge in [-0.25, -0.2) is 10.2 Å². The van der Waals surface area contributed by atoms with Crippen molar-refractivity contribution in [1.82, 2.24) is 14.6 Å². The number of aryl methyl sites for hydroxylation is 6. The molecule has 0 bridgehead atoms. The van der Waals surface area contributed by atoms with Crippen LogP contribution in [0, 0.1) is 27.7 Å². The van der Waals surface area contributed by atoms with Crippen molar-refractivity contribution in [2.45, 2.75) is 86.2 Å². The lowest BCUT2D eigenvalue weighted by Crippen LogP contribution is -2.53. The monoisotopic (exact) mass is 664 g/mol. The van der Waals surface area contributed by atoms with E-state index in [1.807, 2.05) is 25.7 Å². The number of nitrogens with zero attached hydrogens (tertiary/aromatic N) is 5. The number of anilines is 2. The van der Waals surface area contributed by atoms with Crippen molar-refractivity contribution in [3.05, 3.63) is 94.6 Å². The molecule has 48 heavy (non-hydrogen) atoms. The molecule has 0 spiro atoms. The highest BCUT2D eigenvalue weighted by atomic mass is 32.1. The topological polar surface area (TPSA) is 84.1 Å². The minimum atomic E-state index is -0.423. The van der Waals surface area contributed by atoms with E-state index in [4.69, 9.17) is 17.0 Å². The van der Waals surface area contributed by atoms with E-state index in [9.17, 15) is 9.59 Å². The van der Waals surface area contributed by atoms with Crippen LogP contribution in [0.3, 0.4) is 0 Å². The first-order valence-corrected chi connectivity index (χ1v) is 17.1. The van der Waals surface area contributed by atoms with E-state index in [-0.39, 0.29) is 17.9 Å². The van der Waals surface area contributed by atoms with E-state index in [0.717, 1.165) is 59.3 Å². The Bertz CT molecular complexity index is 1900. The summed E-state index contributed by atoms with van der Waals surface area (Å²) in [6.45, 7) is 14.4. The summed E-state index contributed by atoms with van der Waals surface area (Å²) in [4.78, 5) is 29.1. The van der Waals surface area contributed by atoms with Gasteiger partial charge in [0, 0.05) is 58.4 Å². The second-order valence-electron chi connectivity index (χ2n) is 12.8. The number of carbonyl (C=O) groups excluding carboxylic acids is 2. The number of fused-ring (bicyclic) bond motifs is 4. The van der Waals surface area contributed by atoms with Gasteiger partial charge in [-0.05, 0) is 121 Å². The molecule has 9 nitrogen and oxygen atoms in total. The molecule has 3 aliphatic rings. The van der Waals surface area contributed by atoms with E-state index >= 15 is 0 Å². The van der Waals surface area contributed by atoms with Crippen LogP contribution in [0.15, 0.2) is 65.8 Å². The lowest BCUT2D eigenvalue weighted by molar-refractivity contribution is -0.144. The third-order valence-corrected chi connectivity index (χ3v) is 9.97. The predicted molar refractivity (Wildman–Crippen MR) is 196 cm³/mol. The Hall–Kier alpha value is -4.70. The maximum Gasteiger partial charge on any atom is 0.328 e. The van der Waals surface area contributed by atoms with Crippen molar-refractivity contribution in [3.8, 4) is 11.4 Å². The maximum absolute atomic E-state index is 12.3. The van der Waals surface area contributed by atoms with Gasteiger partial charge in [-0.15, -0.1) is 0 Å². The van der Waals surface area contributed by atoms with Crippen LogP contribution in [0.4, 0.5) is 11.4 Å². The van der Waals surface area contributed by atoms with Crippen LogP contribution >= 0.6 is 12.2 Å². The number of hydrogen-bond acceptors (Lipinski definition) is 6. The third kappa shape index (κ3) is 6.05. The van der Waals surface area contributed by atoms with Crippen molar-refractivity contribution in [3.63, 3.8) is 0 Å². The Balaban J connectivity index is 0.000000168. The quantitative estimate of drug-likeness (QED) is 0.187. The lowest BCUT2D eigenvalue weighted by Gasteiger charge is -2.38. The molecule has 7 rings (SSSR count). The number of esters is 1. The smallest absolute Gasteiger partial charge is 0.328 e. The highest BCUT2D eigenvalue weighted by molar-refractivity contribution is 7.80. The van der Waals surface area contributed by atoms with Crippen molar-refractivity contribution in [2.75, 3.05) is 16.4 Å². The number of ether oxygens (including phenoxy) is 1. The zero-order valence-corrected chi connectivity index (χ0v) is 29.6. The van der Waals surface area contributed by atoms with Gasteiger partial charge in [0.2, 0.25) is 0 Å². The predicted octanol–water partition coefficient (Wildman–Crippen LogP) is 6.80. The molecule has 0 radical (unpaired) electrons. The molecule has 0 saturated carbocycles. The normalized spacial score (nSPS) is 17.3. The summed E-state index contributed by atoms with van der Waals surface area (Å²) in [5.74, 6) is 0.652. The first-order valence-electron chi connectivity index (χ1n) is 16.7. The summed E-state index contributed by atoms with van der Waals surface area (Å²) in [5, 5.41) is 4.25. The van der Waals surface area contributed by atoms with E-state index < -0.39 is 6.04 Å². The highest BCUT2D eigenvalue weighted by Crippen LogP contribution is 2.35. The summed E-state index contributed by atoms with van der Waals surface area (Å²) in [6.07, 6.45) is 3.51. The zero-order valence-electron chi connectivity index (χ0n) is 28.8. The number of hydrazone groups is 1. The molecule has 5 heterocycles. The minimum absolute atomic E-state index is 0.0553. The number of rotatable bonds is 5. The van der Waals surface area contributed by atoms with Gasteiger partial charge in [-0.2, -0.15) is 5.10 Å². The van der Waals surface area contributed by atoms with E-state index in [1.165, 1.54) is 33.9 Å². The third-order valence-electron chi connectivity index (χ3n) is 9.57. The molecule has 10 heteroatoms. The number of benzene rings is 2. The van der Waals surface area contributed by atoms with E-state index in [1.54, 1.807) is 0 Å². The number of aromatic nitrogens is 2. The number of hydrogen-bond donors (Lipinski definition) is 1. The summed E-state index contributed by atoms with van der Waals surface area (Å²) in [5.41, 5.74) is 14.2. The molecule has 0 fully saturated rings.